The number of hydrogen-bond acceptors (Lipinski definition) is 13. The molecule has 0 amide bonds. The lowest BCUT2D eigenvalue weighted by atomic mass is 9.99. The normalized spacial score (nSPS) is 54.3. The van der Waals surface area contributed by atoms with Crippen molar-refractivity contribution in [2.24, 2.45) is 0 Å². The van der Waals surface area contributed by atoms with Crippen LogP contribution in [0.2, 0.25) is 0 Å². The summed E-state index contributed by atoms with van der Waals surface area (Å²) >= 11 is 0. The van der Waals surface area contributed by atoms with E-state index in [0.717, 1.165) is 0 Å². The van der Waals surface area contributed by atoms with Gasteiger partial charge < -0.3 is 64.5 Å². The molecular weight excluding hydrogens is 400 g/mol. The van der Waals surface area contributed by atoms with Crippen LogP contribution < -0.4 is 0 Å². The number of aliphatic hydroxyl groups excluding tert-OH is 8. The summed E-state index contributed by atoms with van der Waals surface area (Å²) in [5.41, 5.74) is 0. The van der Waals surface area contributed by atoms with Gasteiger partial charge in [0.2, 0.25) is 0 Å². The summed E-state index contributed by atoms with van der Waals surface area (Å²) in [7, 11) is 0. The topological polar surface area (TPSA) is 208 Å². The molecule has 0 bridgehead atoms. The molecule has 3 aliphatic heterocycles. The quantitative estimate of drug-likeness (QED) is 0.211. The van der Waals surface area contributed by atoms with E-state index in [1.165, 1.54) is 6.92 Å². The number of rotatable bonds is 4. The van der Waals surface area contributed by atoms with Crippen LogP contribution in [-0.2, 0) is 23.7 Å². The van der Waals surface area contributed by atoms with Crippen molar-refractivity contribution >= 4 is 0 Å². The Hall–Kier alpha value is -0.520. The van der Waals surface area contributed by atoms with Crippen molar-refractivity contribution in [2.45, 2.75) is 86.8 Å². The Labute approximate surface area is 165 Å². The third-order valence-corrected chi connectivity index (χ3v) is 5.31. The van der Waals surface area contributed by atoms with Crippen molar-refractivity contribution in [1.82, 2.24) is 0 Å². The third kappa shape index (κ3) is 4.72. The molecule has 0 aromatic rings. The Morgan fingerprint density at radius 1 is 0.586 bits per heavy atom. The van der Waals surface area contributed by atoms with Gasteiger partial charge in [-0.3, -0.25) is 0 Å². The lowest BCUT2D eigenvalue weighted by molar-refractivity contribution is -0.352. The fraction of sp³-hybridized carbons (Fsp3) is 1.00. The fourth-order valence-electron chi connectivity index (χ4n) is 3.38. The minimum absolute atomic E-state index is 0.289. The van der Waals surface area contributed by atoms with Gasteiger partial charge in [0.25, 0.3) is 0 Å². The molecule has 3 rings (SSSR count). The minimum atomic E-state index is -1.64. The van der Waals surface area contributed by atoms with Crippen LogP contribution in [-0.4, -0.2) is 134 Å². The molecule has 13 atom stereocenters. The highest BCUT2D eigenvalue weighted by Gasteiger charge is 2.48. The summed E-state index contributed by atoms with van der Waals surface area (Å²) in [4.78, 5) is 0. The van der Waals surface area contributed by atoms with E-state index in [0.29, 0.717) is 0 Å². The molecule has 0 radical (unpaired) electrons. The van der Waals surface area contributed by atoms with E-state index in [4.69, 9.17) is 23.7 Å². The predicted octanol–water partition coefficient (Wildman–Crippen LogP) is -5.27. The molecule has 29 heavy (non-hydrogen) atoms. The summed E-state index contributed by atoms with van der Waals surface area (Å²) in [6, 6.07) is 0. The molecular formula is C16H28O13. The highest BCUT2D eigenvalue weighted by atomic mass is 16.7. The molecule has 1 unspecified atom stereocenters. The van der Waals surface area contributed by atoms with E-state index in [-0.39, 0.29) is 13.2 Å². The average Bonchev–Trinajstić information content (AvgIpc) is 2.70. The largest absolute Gasteiger partial charge is 0.388 e. The van der Waals surface area contributed by atoms with Gasteiger partial charge in [0, 0.05) is 0 Å². The molecule has 0 saturated carbocycles. The first-order valence-corrected chi connectivity index (χ1v) is 9.26. The van der Waals surface area contributed by atoms with Gasteiger partial charge in [-0.15, -0.1) is 0 Å². The molecule has 13 heteroatoms. The number of aliphatic hydroxyl groups is 8. The Morgan fingerprint density at radius 3 is 1.76 bits per heavy atom. The zero-order chi connectivity index (χ0) is 21.5. The molecule has 8 N–H and O–H groups in total. The molecule has 0 aromatic carbocycles. The van der Waals surface area contributed by atoms with Gasteiger partial charge in [-0.25, -0.2) is 0 Å². The van der Waals surface area contributed by atoms with Crippen LogP contribution in [0.1, 0.15) is 6.92 Å². The summed E-state index contributed by atoms with van der Waals surface area (Å²) in [6.45, 7) is 0.866. The monoisotopic (exact) mass is 428 g/mol. The van der Waals surface area contributed by atoms with E-state index in [1.54, 1.807) is 0 Å². The van der Waals surface area contributed by atoms with Gasteiger partial charge in [-0.2, -0.15) is 0 Å². The molecule has 13 nitrogen and oxygen atoms in total. The van der Waals surface area contributed by atoms with Gasteiger partial charge in [-0.1, -0.05) is 0 Å². The highest BCUT2D eigenvalue weighted by molar-refractivity contribution is 4.91. The van der Waals surface area contributed by atoms with Gasteiger partial charge in [0.1, 0.15) is 54.9 Å². The third-order valence-electron chi connectivity index (χ3n) is 5.31. The van der Waals surface area contributed by atoms with Gasteiger partial charge in [0.15, 0.2) is 18.9 Å². The Kier molecular flexibility index (Phi) is 7.44. The zero-order valence-corrected chi connectivity index (χ0v) is 15.5. The molecule has 3 fully saturated rings. The second kappa shape index (κ2) is 9.32. The standard InChI is InChI=1S/C16H28O13/c1-4-7(17)10(20)13(23)16(27-4)29-6-3-26-15(12(22)9(6)19)28-5-2-25-14(24)11(21)8(5)18/h4-24H,2-3H2,1H3/t4-,5-,6-,7-,8+,9+,10+,11-,12-,13+,14?,15+,16-/m1/s1. The molecule has 3 saturated heterocycles. The SMILES string of the molecule is C[C@H]1O[C@H](O[C@@H]2CO[C@@H](O[C@@H]3COC(O)[C@H](O)[C@H]3O)[C@H](O)[C@H]2O)[C@@H](O)[C@@H](O)[C@@H]1O. The first kappa shape index (κ1) is 23.1. The van der Waals surface area contributed by atoms with Crippen LogP contribution in [0, 0.1) is 0 Å². The van der Waals surface area contributed by atoms with Gasteiger partial charge in [0.05, 0.1) is 19.3 Å². The molecule has 170 valence electrons. The maximum Gasteiger partial charge on any atom is 0.187 e. The molecule has 0 spiro atoms. The van der Waals surface area contributed by atoms with E-state index >= 15 is 0 Å². The maximum absolute atomic E-state index is 10.3. The predicted molar refractivity (Wildman–Crippen MR) is 87.8 cm³/mol. The molecule has 3 heterocycles. The van der Waals surface area contributed by atoms with Crippen LogP contribution in [0.5, 0.6) is 0 Å². The molecule has 0 aliphatic carbocycles. The highest BCUT2D eigenvalue weighted by Crippen LogP contribution is 2.28. The van der Waals surface area contributed by atoms with Gasteiger partial charge >= 0.3 is 0 Å². The van der Waals surface area contributed by atoms with Crippen molar-refractivity contribution in [1.29, 1.82) is 0 Å². The Balaban J connectivity index is 1.56. The van der Waals surface area contributed by atoms with E-state index in [1.807, 2.05) is 0 Å². The van der Waals surface area contributed by atoms with Gasteiger partial charge in [-0.05, 0) is 6.92 Å². The first-order valence-electron chi connectivity index (χ1n) is 9.26. The summed E-state index contributed by atoms with van der Waals surface area (Å²) in [5.74, 6) is 0. The van der Waals surface area contributed by atoms with Crippen molar-refractivity contribution in [3.05, 3.63) is 0 Å². The minimum Gasteiger partial charge on any atom is -0.388 e. The van der Waals surface area contributed by atoms with E-state index < -0.39 is 79.9 Å². The first-order chi connectivity index (χ1) is 13.6. The number of hydrogen-bond donors (Lipinski definition) is 8. The summed E-state index contributed by atoms with van der Waals surface area (Å²) < 4.78 is 26.2. The lowest BCUT2D eigenvalue weighted by Crippen LogP contribution is -2.62. The van der Waals surface area contributed by atoms with Crippen LogP contribution in [0.4, 0.5) is 0 Å². The van der Waals surface area contributed by atoms with E-state index in [2.05, 4.69) is 0 Å². The maximum atomic E-state index is 10.3. The van der Waals surface area contributed by atoms with Crippen LogP contribution in [0.15, 0.2) is 0 Å². The van der Waals surface area contributed by atoms with Crippen LogP contribution in [0.25, 0.3) is 0 Å². The van der Waals surface area contributed by atoms with Crippen molar-refractivity contribution < 1.29 is 64.5 Å². The Morgan fingerprint density at radius 2 is 1.10 bits per heavy atom. The molecule has 3 aliphatic rings. The summed E-state index contributed by atoms with van der Waals surface area (Å²) in [6.07, 6.45) is -18.3. The van der Waals surface area contributed by atoms with Crippen molar-refractivity contribution in [3.63, 3.8) is 0 Å². The average molecular weight is 428 g/mol. The van der Waals surface area contributed by atoms with Crippen molar-refractivity contribution in [2.75, 3.05) is 13.2 Å². The summed E-state index contributed by atoms with van der Waals surface area (Å²) in [5, 5.41) is 79.0. The fourth-order valence-corrected chi connectivity index (χ4v) is 3.38. The smallest absolute Gasteiger partial charge is 0.187 e. The Bertz CT molecular complexity index is 537. The zero-order valence-electron chi connectivity index (χ0n) is 15.5. The molecule has 0 aromatic heterocycles. The van der Waals surface area contributed by atoms with Crippen LogP contribution in [0.3, 0.4) is 0 Å². The second-order valence-corrected chi connectivity index (χ2v) is 7.42. The van der Waals surface area contributed by atoms with Crippen LogP contribution >= 0.6 is 0 Å². The number of ether oxygens (including phenoxy) is 5. The lowest BCUT2D eigenvalue weighted by Gasteiger charge is -2.44. The van der Waals surface area contributed by atoms with E-state index in [9.17, 15) is 40.9 Å². The van der Waals surface area contributed by atoms with Crippen molar-refractivity contribution in [3.8, 4) is 0 Å². The second-order valence-electron chi connectivity index (χ2n) is 7.42.